The first kappa shape index (κ1) is 16.4. The fraction of sp³-hybridized carbons (Fsp3) is 0.917. The monoisotopic (exact) mass is 246 g/mol. The van der Waals surface area contributed by atoms with E-state index in [1.165, 1.54) is 0 Å². The maximum Gasteiger partial charge on any atom is 0.237 e. The van der Waals surface area contributed by atoms with Crippen LogP contribution in [0.1, 0.15) is 34.1 Å². The molecule has 0 aromatic rings. The van der Waals surface area contributed by atoms with E-state index in [4.69, 9.17) is 15.2 Å². The summed E-state index contributed by atoms with van der Waals surface area (Å²) in [5.41, 5.74) is 4.68. The maximum atomic E-state index is 11.3. The summed E-state index contributed by atoms with van der Waals surface area (Å²) in [5.74, 6) is -0.347. The molecule has 17 heavy (non-hydrogen) atoms. The summed E-state index contributed by atoms with van der Waals surface area (Å²) < 4.78 is 10.8. The minimum Gasteiger partial charge on any atom is -0.379 e. The number of nitrogens with two attached hydrogens (primary N) is 1. The predicted molar refractivity (Wildman–Crippen MR) is 67.8 cm³/mol. The van der Waals surface area contributed by atoms with Gasteiger partial charge in [-0.15, -0.1) is 0 Å². The van der Waals surface area contributed by atoms with Crippen molar-refractivity contribution in [3.63, 3.8) is 0 Å². The van der Waals surface area contributed by atoms with Crippen LogP contribution in [0.4, 0.5) is 0 Å². The van der Waals surface area contributed by atoms with Gasteiger partial charge in [-0.05, 0) is 33.7 Å². The van der Waals surface area contributed by atoms with Gasteiger partial charge in [-0.3, -0.25) is 4.79 Å². The quantitative estimate of drug-likeness (QED) is 0.594. The highest BCUT2D eigenvalue weighted by Crippen LogP contribution is 2.09. The summed E-state index contributed by atoms with van der Waals surface area (Å²) in [6.07, 6.45) is 0.598. The van der Waals surface area contributed by atoms with Crippen LogP contribution in [0.3, 0.4) is 0 Å². The van der Waals surface area contributed by atoms with Gasteiger partial charge in [0.05, 0.1) is 18.2 Å². The topological polar surface area (TPSA) is 73.6 Å². The van der Waals surface area contributed by atoms with Gasteiger partial charge in [0.2, 0.25) is 5.91 Å². The molecule has 0 fully saturated rings. The number of carbonyl (C=O) groups is 1. The van der Waals surface area contributed by atoms with Crippen molar-refractivity contribution in [2.75, 3.05) is 26.4 Å². The molecule has 0 heterocycles. The molecule has 1 amide bonds. The van der Waals surface area contributed by atoms with Gasteiger partial charge in [-0.1, -0.05) is 6.92 Å². The fourth-order valence-corrected chi connectivity index (χ4v) is 1.49. The van der Waals surface area contributed by atoms with E-state index in [1.54, 1.807) is 6.92 Å². The zero-order valence-corrected chi connectivity index (χ0v) is 11.4. The number of rotatable bonds is 10. The number of ether oxygens (including phenoxy) is 2. The third kappa shape index (κ3) is 6.61. The third-order valence-corrected chi connectivity index (χ3v) is 2.67. The molecular formula is C12H26N2O3. The fourth-order valence-electron chi connectivity index (χ4n) is 1.49. The molecule has 3 N–H and O–H groups in total. The third-order valence-electron chi connectivity index (χ3n) is 2.67. The van der Waals surface area contributed by atoms with Crippen molar-refractivity contribution in [2.45, 2.75) is 45.8 Å². The van der Waals surface area contributed by atoms with E-state index >= 15 is 0 Å². The summed E-state index contributed by atoms with van der Waals surface area (Å²) >= 11 is 0. The lowest BCUT2D eigenvalue weighted by Gasteiger charge is -2.27. The van der Waals surface area contributed by atoms with Crippen LogP contribution in [-0.2, 0) is 14.3 Å². The number of likely N-dealkylation sites (N-methyl/N-ethyl adjacent to an activating group) is 1. The average molecular weight is 246 g/mol. The lowest BCUT2D eigenvalue weighted by molar-refractivity contribution is -0.125. The first-order chi connectivity index (χ1) is 7.96. The Morgan fingerprint density at radius 1 is 1.47 bits per heavy atom. The Labute approximate surface area is 104 Å². The second kappa shape index (κ2) is 8.44. The van der Waals surface area contributed by atoms with Gasteiger partial charge in [-0.25, -0.2) is 0 Å². The standard InChI is InChI=1S/C12H26N2O3/c1-5-14-12(4,11(13)15)7-8-17-10(3)9-16-6-2/h10,14H,5-9H2,1-4H3,(H2,13,15). The van der Waals surface area contributed by atoms with Gasteiger partial charge in [-0.2, -0.15) is 0 Å². The summed E-state index contributed by atoms with van der Waals surface area (Å²) in [6.45, 7) is 10.1. The summed E-state index contributed by atoms with van der Waals surface area (Å²) in [7, 11) is 0. The van der Waals surface area contributed by atoms with E-state index in [1.807, 2.05) is 20.8 Å². The zero-order chi connectivity index (χ0) is 13.3. The molecule has 0 bridgehead atoms. The first-order valence-electron chi connectivity index (χ1n) is 6.20. The van der Waals surface area contributed by atoms with Crippen molar-refractivity contribution < 1.29 is 14.3 Å². The number of carbonyl (C=O) groups excluding carboxylic acids is 1. The second-order valence-electron chi connectivity index (χ2n) is 4.32. The van der Waals surface area contributed by atoms with E-state index in [-0.39, 0.29) is 12.0 Å². The Morgan fingerprint density at radius 2 is 2.12 bits per heavy atom. The second-order valence-corrected chi connectivity index (χ2v) is 4.32. The molecular weight excluding hydrogens is 220 g/mol. The highest BCUT2D eigenvalue weighted by atomic mass is 16.5. The van der Waals surface area contributed by atoms with Crippen molar-refractivity contribution in [3.05, 3.63) is 0 Å². The molecule has 2 unspecified atom stereocenters. The number of amides is 1. The highest BCUT2D eigenvalue weighted by molar-refractivity contribution is 5.84. The summed E-state index contributed by atoms with van der Waals surface area (Å²) in [4.78, 5) is 11.3. The average Bonchev–Trinajstić information content (AvgIpc) is 2.26. The van der Waals surface area contributed by atoms with E-state index in [0.717, 1.165) is 0 Å². The van der Waals surface area contributed by atoms with Crippen LogP contribution in [0, 0.1) is 0 Å². The maximum absolute atomic E-state index is 11.3. The molecule has 5 heteroatoms. The molecule has 0 saturated carbocycles. The number of primary amides is 1. The van der Waals surface area contributed by atoms with Crippen LogP contribution in [-0.4, -0.2) is 43.9 Å². The molecule has 2 atom stereocenters. The summed E-state index contributed by atoms with van der Waals surface area (Å²) in [5, 5.41) is 3.09. The number of hydrogen-bond donors (Lipinski definition) is 2. The van der Waals surface area contributed by atoms with Gasteiger partial charge in [0.25, 0.3) is 0 Å². The van der Waals surface area contributed by atoms with Crippen LogP contribution in [0.15, 0.2) is 0 Å². The molecule has 0 aromatic carbocycles. The van der Waals surface area contributed by atoms with Crippen LogP contribution < -0.4 is 11.1 Å². The van der Waals surface area contributed by atoms with Gasteiger partial charge < -0.3 is 20.5 Å². The lowest BCUT2D eigenvalue weighted by atomic mass is 9.97. The Kier molecular flexibility index (Phi) is 8.12. The SMILES string of the molecule is CCNC(C)(CCOC(C)COCC)C(N)=O. The summed E-state index contributed by atoms with van der Waals surface area (Å²) in [6, 6.07) is 0. The minimum atomic E-state index is -0.694. The normalized spacial score (nSPS) is 16.5. The van der Waals surface area contributed by atoms with E-state index in [2.05, 4.69) is 5.32 Å². The molecule has 0 saturated heterocycles. The van der Waals surface area contributed by atoms with Gasteiger partial charge in [0.1, 0.15) is 0 Å². The van der Waals surface area contributed by atoms with Crippen molar-refractivity contribution in [1.82, 2.24) is 5.32 Å². The Bertz CT molecular complexity index is 224. The molecule has 0 rings (SSSR count). The predicted octanol–water partition coefficient (Wildman–Crippen LogP) is 0.672. The van der Waals surface area contributed by atoms with Gasteiger partial charge in [0, 0.05) is 13.2 Å². The van der Waals surface area contributed by atoms with Crippen molar-refractivity contribution in [2.24, 2.45) is 5.73 Å². The Hall–Kier alpha value is -0.650. The van der Waals surface area contributed by atoms with Crippen LogP contribution in [0.2, 0.25) is 0 Å². The molecule has 5 nitrogen and oxygen atoms in total. The largest absolute Gasteiger partial charge is 0.379 e. The van der Waals surface area contributed by atoms with Crippen molar-refractivity contribution in [1.29, 1.82) is 0 Å². The molecule has 0 spiro atoms. The lowest BCUT2D eigenvalue weighted by Crippen LogP contribution is -2.53. The number of nitrogens with one attached hydrogen (secondary N) is 1. The molecule has 0 aromatic heterocycles. The van der Waals surface area contributed by atoms with Crippen molar-refractivity contribution >= 4 is 5.91 Å². The Balaban J connectivity index is 3.94. The van der Waals surface area contributed by atoms with Gasteiger partial charge in [0.15, 0.2) is 0 Å². The number of hydrogen-bond acceptors (Lipinski definition) is 4. The van der Waals surface area contributed by atoms with Gasteiger partial charge >= 0.3 is 0 Å². The molecule has 0 radical (unpaired) electrons. The Morgan fingerprint density at radius 3 is 2.59 bits per heavy atom. The van der Waals surface area contributed by atoms with Crippen LogP contribution in [0.25, 0.3) is 0 Å². The van der Waals surface area contributed by atoms with Crippen molar-refractivity contribution in [3.8, 4) is 0 Å². The smallest absolute Gasteiger partial charge is 0.237 e. The molecule has 0 aliphatic rings. The van der Waals surface area contributed by atoms with Crippen LogP contribution in [0.5, 0.6) is 0 Å². The van der Waals surface area contributed by atoms with E-state index < -0.39 is 5.54 Å². The molecule has 102 valence electrons. The minimum absolute atomic E-state index is 0.0358. The highest BCUT2D eigenvalue weighted by Gasteiger charge is 2.29. The zero-order valence-electron chi connectivity index (χ0n) is 11.4. The van der Waals surface area contributed by atoms with E-state index in [9.17, 15) is 4.79 Å². The molecule has 0 aliphatic heterocycles. The van der Waals surface area contributed by atoms with E-state index in [0.29, 0.717) is 32.8 Å². The van der Waals surface area contributed by atoms with Crippen LogP contribution >= 0.6 is 0 Å². The first-order valence-corrected chi connectivity index (χ1v) is 6.20. The molecule has 0 aliphatic carbocycles.